The standard InChI is InChI=1S/C14H8N2O2/c17-14(12-6-2-1-3-7-12)16-9-5-4-8-13-10-15-11-18-13/h1-3,6-7,10-11H,(H,16,17). The summed E-state index contributed by atoms with van der Waals surface area (Å²) < 4.78 is 4.89. The van der Waals surface area contributed by atoms with Crippen LogP contribution in [0.5, 0.6) is 0 Å². The van der Waals surface area contributed by atoms with Gasteiger partial charge in [0.1, 0.15) is 0 Å². The van der Waals surface area contributed by atoms with Crippen molar-refractivity contribution < 1.29 is 9.21 Å². The number of rotatable bonds is 1. The van der Waals surface area contributed by atoms with Gasteiger partial charge in [0.25, 0.3) is 5.91 Å². The normalized spacial score (nSPS) is 8.44. The van der Waals surface area contributed by atoms with E-state index in [1.54, 1.807) is 24.3 Å². The minimum absolute atomic E-state index is 0.260. The number of hydrogen-bond acceptors (Lipinski definition) is 3. The molecule has 0 bridgehead atoms. The van der Waals surface area contributed by atoms with Gasteiger partial charge in [-0.25, -0.2) is 4.98 Å². The van der Waals surface area contributed by atoms with Crippen LogP contribution in [0.4, 0.5) is 0 Å². The summed E-state index contributed by atoms with van der Waals surface area (Å²) in [5.74, 6) is 7.83. The molecule has 0 saturated heterocycles. The lowest BCUT2D eigenvalue weighted by atomic mass is 10.2. The highest BCUT2D eigenvalue weighted by molar-refractivity contribution is 5.95. The summed E-state index contributed by atoms with van der Waals surface area (Å²) in [6.45, 7) is 0. The average molecular weight is 236 g/mol. The van der Waals surface area contributed by atoms with E-state index in [4.69, 9.17) is 4.42 Å². The second kappa shape index (κ2) is 5.93. The number of aromatic nitrogens is 1. The lowest BCUT2D eigenvalue weighted by Crippen LogP contribution is -2.17. The van der Waals surface area contributed by atoms with E-state index >= 15 is 0 Å². The highest BCUT2D eigenvalue weighted by atomic mass is 16.3. The summed E-state index contributed by atoms with van der Waals surface area (Å²) in [4.78, 5) is 15.2. The Bertz CT molecular complexity index is 638. The third-order valence-corrected chi connectivity index (χ3v) is 1.96. The molecule has 1 amide bonds. The first-order valence-electron chi connectivity index (χ1n) is 5.11. The van der Waals surface area contributed by atoms with Gasteiger partial charge in [0, 0.05) is 17.5 Å². The lowest BCUT2D eigenvalue weighted by Gasteiger charge is -1.95. The number of nitrogens with zero attached hydrogens (tertiary/aromatic N) is 1. The third-order valence-electron chi connectivity index (χ3n) is 1.96. The first-order chi connectivity index (χ1) is 8.86. The summed E-state index contributed by atoms with van der Waals surface area (Å²) in [7, 11) is 0. The highest BCUT2D eigenvalue weighted by Crippen LogP contribution is 1.96. The summed E-state index contributed by atoms with van der Waals surface area (Å²) in [6, 6.07) is 11.3. The minimum Gasteiger partial charge on any atom is -0.435 e. The molecule has 0 spiro atoms. The van der Waals surface area contributed by atoms with Crippen LogP contribution in [0.25, 0.3) is 0 Å². The van der Waals surface area contributed by atoms with Crippen LogP contribution in [0.3, 0.4) is 0 Å². The molecular weight excluding hydrogens is 228 g/mol. The van der Waals surface area contributed by atoms with Crippen LogP contribution in [-0.2, 0) is 0 Å². The van der Waals surface area contributed by atoms with Gasteiger partial charge in [-0.3, -0.25) is 10.1 Å². The molecule has 1 aromatic heterocycles. The van der Waals surface area contributed by atoms with E-state index in [0.29, 0.717) is 11.3 Å². The maximum atomic E-state index is 11.5. The van der Waals surface area contributed by atoms with Crippen molar-refractivity contribution in [1.29, 1.82) is 0 Å². The molecular formula is C14H8N2O2. The predicted molar refractivity (Wildman–Crippen MR) is 65.1 cm³/mol. The molecule has 86 valence electrons. The van der Waals surface area contributed by atoms with E-state index in [0.717, 1.165) is 0 Å². The Morgan fingerprint density at radius 3 is 2.78 bits per heavy atom. The summed E-state index contributed by atoms with van der Waals surface area (Å²) >= 11 is 0. The second-order valence-corrected chi connectivity index (χ2v) is 3.19. The maximum absolute atomic E-state index is 11.5. The van der Waals surface area contributed by atoms with E-state index in [1.807, 2.05) is 6.07 Å². The van der Waals surface area contributed by atoms with Crippen LogP contribution in [0.15, 0.2) is 47.3 Å². The molecule has 0 fully saturated rings. The van der Waals surface area contributed by atoms with Crippen LogP contribution in [-0.4, -0.2) is 10.9 Å². The minimum atomic E-state index is -0.260. The SMILES string of the molecule is O=C(NC#CC#Cc1cnco1)c1ccccc1. The zero-order chi connectivity index (χ0) is 12.6. The van der Waals surface area contributed by atoms with Gasteiger partial charge < -0.3 is 4.42 Å². The number of amides is 1. The third kappa shape index (κ3) is 3.26. The first-order valence-corrected chi connectivity index (χ1v) is 5.11. The van der Waals surface area contributed by atoms with Crippen LogP contribution in [0, 0.1) is 23.8 Å². The topological polar surface area (TPSA) is 55.1 Å². The lowest BCUT2D eigenvalue weighted by molar-refractivity contribution is 0.0973. The zero-order valence-electron chi connectivity index (χ0n) is 9.31. The van der Waals surface area contributed by atoms with Gasteiger partial charge in [-0.2, -0.15) is 0 Å². The van der Waals surface area contributed by atoms with E-state index in [1.165, 1.54) is 12.6 Å². The molecule has 2 aromatic rings. The van der Waals surface area contributed by atoms with Crippen molar-refractivity contribution in [3.63, 3.8) is 0 Å². The van der Waals surface area contributed by atoms with Gasteiger partial charge in [0.05, 0.1) is 6.20 Å². The first kappa shape index (κ1) is 11.5. The predicted octanol–water partition coefficient (Wildman–Crippen LogP) is 1.42. The Balaban J connectivity index is 1.91. The van der Waals surface area contributed by atoms with Crippen LogP contribution in [0.1, 0.15) is 16.1 Å². The van der Waals surface area contributed by atoms with E-state index in [9.17, 15) is 4.79 Å². The Morgan fingerprint density at radius 2 is 2.06 bits per heavy atom. The van der Waals surface area contributed by atoms with Crippen molar-refractivity contribution in [3.05, 3.63) is 54.2 Å². The number of carbonyl (C=O) groups excluding carboxylic acids is 1. The molecule has 1 heterocycles. The molecule has 0 aliphatic carbocycles. The van der Waals surface area contributed by atoms with Crippen LogP contribution in [0.2, 0.25) is 0 Å². The fourth-order valence-corrected chi connectivity index (χ4v) is 1.15. The number of benzene rings is 1. The van der Waals surface area contributed by atoms with Crippen LogP contribution < -0.4 is 5.32 Å². The quantitative estimate of drug-likeness (QED) is 0.601. The summed E-state index contributed by atoms with van der Waals surface area (Å²) in [5, 5.41) is 2.43. The smallest absolute Gasteiger partial charge is 0.262 e. The molecule has 1 aromatic carbocycles. The number of nitrogens with one attached hydrogen (secondary N) is 1. The number of hydrogen-bond donors (Lipinski definition) is 1. The zero-order valence-corrected chi connectivity index (χ0v) is 9.31. The monoisotopic (exact) mass is 236 g/mol. The van der Waals surface area contributed by atoms with Gasteiger partial charge in [0.2, 0.25) is 0 Å². The van der Waals surface area contributed by atoms with Crippen molar-refractivity contribution in [2.75, 3.05) is 0 Å². The van der Waals surface area contributed by atoms with E-state index < -0.39 is 0 Å². The molecule has 0 aliphatic heterocycles. The fourth-order valence-electron chi connectivity index (χ4n) is 1.15. The fraction of sp³-hybridized carbons (Fsp3) is 0. The van der Waals surface area contributed by atoms with Gasteiger partial charge in [-0.05, 0) is 24.0 Å². The molecule has 0 saturated carbocycles. The van der Waals surface area contributed by atoms with Gasteiger partial charge >= 0.3 is 0 Å². The van der Waals surface area contributed by atoms with Crippen molar-refractivity contribution in [2.24, 2.45) is 0 Å². The second-order valence-electron chi connectivity index (χ2n) is 3.19. The average Bonchev–Trinajstić information content (AvgIpc) is 2.92. The molecule has 4 nitrogen and oxygen atoms in total. The molecule has 0 aliphatic rings. The molecule has 4 heteroatoms. The molecule has 18 heavy (non-hydrogen) atoms. The van der Waals surface area contributed by atoms with Gasteiger partial charge in [0.15, 0.2) is 12.2 Å². The Morgan fingerprint density at radius 1 is 1.22 bits per heavy atom. The Labute approximate surface area is 104 Å². The van der Waals surface area contributed by atoms with Gasteiger partial charge in [-0.1, -0.05) is 18.2 Å². The molecule has 0 atom stereocenters. The van der Waals surface area contributed by atoms with Crippen molar-refractivity contribution in [2.45, 2.75) is 0 Å². The number of carbonyl (C=O) groups is 1. The largest absolute Gasteiger partial charge is 0.435 e. The maximum Gasteiger partial charge on any atom is 0.262 e. The van der Waals surface area contributed by atoms with Crippen molar-refractivity contribution in [3.8, 4) is 23.8 Å². The Hall–Kier alpha value is -2.98. The Kier molecular flexibility index (Phi) is 3.79. The van der Waals surface area contributed by atoms with E-state index in [-0.39, 0.29) is 5.91 Å². The summed E-state index contributed by atoms with van der Waals surface area (Å²) in [6.07, 6.45) is 2.77. The van der Waals surface area contributed by atoms with Gasteiger partial charge in [-0.15, -0.1) is 0 Å². The van der Waals surface area contributed by atoms with Crippen LogP contribution >= 0.6 is 0 Å². The highest BCUT2D eigenvalue weighted by Gasteiger charge is 2.00. The van der Waals surface area contributed by atoms with E-state index in [2.05, 4.69) is 34.1 Å². The van der Waals surface area contributed by atoms with Crippen molar-refractivity contribution in [1.82, 2.24) is 10.3 Å². The summed E-state index contributed by atoms with van der Waals surface area (Å²) in [5.41, 5.74) is 0.551. The number of oxazole rings is 1. The molecule has 0 unspecified atom stereocenters. The van der Waals surface area contributed by atoms with Crippen molar-refractivity contribution >= 4 is 5.91 Å². The molecule has 1 N–H and O–H groups in total. The molecule has 2 rings (SSSR count). The molecule has 0 radical (unpaired) electrons.